The molecule has 6 rings (SSSR count). The van der Waals surface area contributed by atoms with Gasteiger partial charge in [-0.25, -0.2) is 0 Å². The molecule has 1 N–H and O–H groups in total. The van der Waals surface area contributed by atoms with Crippen LogP contribution in [0.4, 0.5) is 11.4 Å². The van der Waals surface area contributed by atoms with Gasteiger partial charge in [-0.05, 0) is 52.7 Å². The van der Waals surface area contributed by atoms with E-state index < -0.39 is 0 Å². The van der Waals surface area contributed by atoms with Crippen molar-refractivity contribution in [2.45, 2.75) is 5.37 Å². The van der Waals surface area contributed by atoms with Crippen molar-refractivity contribution in [2.75, 3.05) is 22.8 Å². The van der Waals surface area contributed by atoms with E-state index in [1.807, 2.05) is 84.9 Å². The number of thioether (sulfide) groups is 1. The molecule has 4 aromatic carbocycles. The summed E-state index contributed by atoms with van der Waals surface area (Å²) in [5, 5.41) is 4.93. The maximum absolute atomic E-state index is 12.8. The minimum Gasteiger partial charge on any atom is -0.454 e. The van der Waals surface area contributed by atoms with Gasteiger partial charge in [0.2, 0.25) is 12.7 Å². The van der Waals surface area contributed by atoms with Gasteiger partial charge in [-0.3, -0.25) is 14.5 Å². The molecule has 0 aliphatic carbocycles. The van der Waals surface area contributed by atoms with Gasteiger partial charge in [-0.2, -0.15) is 0 Å². The molecular formula is C27H20N2O4S. The van der Waals surface area contributed by atoms with Crippen LogP contribution in [0.3, 0.4) is 0 Å². The molecule has 168 valence electrons. The Morgan fingerprint density at radius 3 is 2.53 bits per heavy atom. The predicted octanol–water partition coefficient (Wildman–Crippen LogP) is 5.60. The zero-order valence-corrected chi connectivity index (χ0v) is 18.9. The number of rotatable bonds is 4. The Labute approximate surface area is 200 Å². The average Bonchev–Trinajstić information content (AvgIpc) is 3.50. The monoisotopic (exact) mass is 468 g/mol. The first-order valence-electron chi connectivity index (χ1n) is 10.9. The predicted molar refractivity (Wildman–Crippen MR) is 134 cm³/mol. The Bertz CT molecular complexity index is 1420. The molecule has 0 radical (unpaired) electrons. The van der Waals surface area contributed by atoms with E-state index >= 15 is 0 Å². The van der Waals surface area contributed by atoms with Gasteiger partial charge in [0, 0.05) is 23.0 Å². The number of amides is 2. The fourth-order valence-corrected chi connectivity index (χ4v) is 5.43. The number of ether oxygens (including phenoxy) is 2. The largest absolute Gasteiger partial charge is 0.454 e. The molecule has 6 nitrogen and oxygen atoms in total. The van der Waals surface area contributed by atoms with Gasteiger partial charge >= 0.3 is 0 Å². The Kier molecular flexibility index (Phi) is 5.11. The van der Waals surface area contributed by atoms with E-state index in [2.05, 4.69) is 5.32 Å². The van der Waals surface area contributed by atoms with Gasteiger partial charge in [-0.15, -0.1) is 11.8 Å². The van der Waals surface area contributed by atoms with E-state index in [-0.39, 0.29) is 24.0 Å². The summed E-state index contributed by atoms with van der Waals surface area (Å²) in [7, 11) is 0. The third-order valence-electron chi connectivity index (χ3n) is 5.97. The molecule has 0 bridgehead atoms. The van der Waals surface area contributed by atoms with Crippen molar-refractivity contribution in [1.29, 1.82) is 0 Å². The van der Waals surface area contributed by atoms with E-state index in [0.717, 1.165) is 22.0 Å². The number of carbonyl (C=O) groups is 2. The van der Waals surface area contributed by atoms with E-state index in [9.17, 15) is 9.59 Å². The molecule has 1 atom stereocenters. The normalized spacial score (nSPS) is 16.8. The van der Waals surface area contributed by atoms with Crippen LogP contribution in [0.2, 0.25) is 0 Å². The lowest BCUT2D eigenvalue weighted by Gasteiger charge is -2.24. The number of hydrogen-bond acceptors (Lipinski definition) is 5. The van der Waals surface area contributed by atoms with Crippen molar-refractivity contribution in [3.05, 3.63) is 96.1 Å². The highest BCUT2D eigenvalue weighted by molar-refractivity contribution is 8.00. The Hall–Kier alpha value is -3.97. The first-order valence-corrected chi connectivity index (χ1v) is 11.9. The van der Waals surface area contributed by atoms with E-state index in [0.29, 0.717) is 28.5 Å². The maximum Gasteiger partial charge on any atom is 0.255 e. The zero-order valence-electron chi connectivity index (χ0n) is 18.1. The van der Waals surface area contributed by atoms with Crippen molar-refractivity contribution in [2.24, 2.45) is 0 Å². The van der Waals surface area contributed by atoms with Crippen molar-refractivity contribution in [3.63, 3.8) is 0 Å². The number of nitrogens with one attached hydrogen (secondary N) is 1. The second-order valence-electron chi connectivity index (χ2n) is 8.10. The summed E-state index contributed by atoms with van der Waals surface area (Å²) in [6, 6.07) is 26.8. The summed E-state index contributed by atoms with van der Waals surface area (Å²) in [5.74, 6) is 1.62. The molecule has 7 heteroatoms. The molecular weight excluding hydrogens is 448 g/mol. The highest BCUT2D eigenvalue weighted by Gasteiger charge is 2.34. The smallest absolute Gasteiger partial charge is 0.255 e. The van der Waals surface area contributed by atoms with Crippen LogP contribution in [-0.4, -0.2) is 24.4 Å². The van der Waals surface area contributed by atoms with Crippen molar-refractivity contribution in [3.8, 4) is 11.5 Å². The maximum atomic E-state index is 12.8. The van der Waals surface area contributed by atoms with Crippen molar-refractivity contribution < 1.29 is 19.1 Å². The van der Waals surface area contributed by atoms with Crippen molar-refractivity contribution >= 4 is 45.7 Å². The number of anilines is 2. The van der Waals surface area contributed by atoms with Gasteiger partial charge in [-0.1, -0.05) is 42.5 Å². The second-order valence-corrected chi connectivity index (χ2v) is 9.17. The molecule has 0 saturated carbocycles. The van der Waals surface area contributed by atoms with Gasteiger partial charge in [0.05, 0.1) is 5.75 Å². The summed E-state index contributed by atoms with van der Waals surface area (Å²) in [5.41, 5.74) is 3.06. The zero-order chi connectivity index (χ0) is 23.1. The molecule has 2 aliphatic heterocycles. The number of fused-ring (bicyclic) bond motifs is 2. The van der Waals surface area contributed by atoms with Gasteiger partial charge in [0.25, 0.3) is 5.91 Å². The molecule has 34 heavy (non-hydrogen) atoms. The fourth-order valence-electron chi connectivity index (χ4n) is 4.25. The highest BCUT2D eigenvalue weighted by Crippen LogP contribution is 2.44. The van der Waals surface area contributed by atoms with Crippen LogP contribution in [0.25, 0.3) is 10.8 Å². The third-order valence-corrected chi connectivity index (χ3v) is 7.18. The number of benzene rings is 4. The molecule has 2 heterocycles. The number of nitrogens with zero attached hydrogens (tertiary/aromatic N) is 1. The molecule has 2 amide bonds. The Morgan fingerprint density at radius 1 is 0.882 bits per heavy atom. The first-order chi connectivity index (χ1) is 16.7. The standard InChI is InChI=1S/C27H20N2O4S/c30-25-15-34-27(29(25)22-11-12-23-24(14-22)33-16-32-23)18-7-9-21(10-8-18)28-26(31)20-6-5-17-3-1-2-4-19(17)13-20/h1-14,27H,15-16H2,(H,28,31). The second kappa shape index (κ2) is 8.43. The van der Waals surface area contributed by atoms with Crippen LogP contribution in [-0.2, 0) is 4.79 Å². The van der Waals surface area contributed by atoms with Crippen LogP contribution in [0.15, 0.2) is 84.9 Å². The lowest BCUT2D eigenvalue weighted by Crippen LogP contribution is -2.27. The lowest BCUT2D eigenvalue weighted by molar-refractivity contribution is -0.115. The van der Waals surface area contributed by atoms with Gasteiger partial charge in [0.1, 0.15) is 5.37 Å². The SMILES string of the molecule is O=C(Nc1ccc(C2SCC(=O)N2c2ccc3c(c2)OCO3)cc1)c1ccc2ccccc2c1. The molecule has 1 fully saturated rings. The molecule has 0 aromatic heterocycles. The van der Waals surface area contributed by atoms with Gasteiger partial charge in [0.15, 0.2) is 11.5 Å². The summed E-state index contributed by atoms with van der Waals surface area (Å²) in [6.07, 6.45) is 0. The minimum absolute atomic E-state index is 0.0440. The molecule has 0 spiro atoms. The van der Waals surface area contributed by atoms with E-state index in [1.54, 1.807) is 16.7 Å². The summed E-state index contributed by atoms with van der Waals surface area (Å²) in [4.78, 5) is 27.3. The molecule has 1 saturated heterocycles. The number of carbonyl (C=O) groups excluding carboxylic acids is 2. The van der Waals surface area contributed by atoms with E-state index in [1.165, 1.54) is 0 Å². The minimum atomic E-state index is -0.161. The summed E-state index contributed by atoms with van der Waals surface area (Å²) < 4.78 is 10.9. The third kappa shape index (κ3) is 3.74. The molecule has 1 unspecified atom stereocenters. The quantitative estimate of drug-likeness (QED) is 0.422. The topological polar surface area (TPSA) is 67.9 Å². The number of hydrogen-bond donors (Lipinski definition) is 1. The first kappa shape index (κ1) is 20.6. The molecule has 4 aromatic rings. The lowest BCUT2D eigenvalue weighted by atomic mass is 10.1. The Morgan fingerprint density at radius 2 is 1.68 bits per heavy atom. The fraction of sp³-hybridized carbons (Fsp3) is 0.111. The highest BCUT2D eigenvalue weighted by atomic mass is 32.2. The van der Waals surface area contributed by atoms with E-state index in [4.69, 9.17) is 9.47 Å². The Balaban J connectivity index is 1.20. The molecule has 2 aliphatic rings. The summed E-state index contributed by atoms with van der Waals surface area (Å²) in [6.45, 7) is 0.192. The van der Waals surface area contributed by atoms with Gasteiger partial charge < -0.3 is 14.8 Å². The van der Waals surface area contributed by atoms with Crippen LogP contribution >= 0.6 is 11.8 Å². The van der Waals surface area contributed by atoms with Crippen LogP contribution in [0, 0.1) is 0 Å². The summed E-state index contributed by atoms with van der Waals surface area (Å²) >= 11 is 1.57. The van der Waals surface area contributed by atoms with Crippen LogP contribution < -0.4 is 19.7 Å². The average molecular weight is 469 g/mol. The van der Waals surface area contributed by atoms with Crippen LogP contribution in [0.1, 0.15) is 21.3 Å². The van der Waals surface area contributed by atoms with Crippen molar-refractivity contribution in [1.82, 2.24) is 0 Å². The van der Waals surface area contributed by atoms with Crippen LogP contribution in [0.5, 0.6) is 11.5 Å².